The normalized spacial score (nSPS) is 15.4. The zero-order valence-electron chi connectivity index (χ0n) is 21.2. The van der Waals surface area contributed by atoms with Gasteiger partial charge in [-0.1, -0.05) is 30.3 Å². The third kappa shape index (κ3) is 7.14. The Hall–Kier alpha value is -2.73. The molecule has 0 aliphatic carbocycles. The highest BCUT2D eigenvalue weighted by molar-refractivity contribution is 7.70. The minimum absolute atomic E-state index is 0.202. The molecule has 0 radical (unpaired) electrons. The number of anilines is 2. The molecule has 1 aliphatic rings. The Labute approximate surface area is 213 Å². The molecule has 0 aromatic heterocycles. The van der Waals surface area contributed by atoms with E-state index in [0.29, 0.717) is 28.0 Å². The maximum atomic E-state index is 12.6. The number of ether oxygens (including phenoxy) is 2. The van der Waals surface area contributed by atoms with Gasteiger partial charge in [-0.05, 0) is 58.0 Å². The number of hydrogen-bond donors (Lipinski definition) is 2. The van der Waals surface area contributed by atoms with Crippen molar-refractivity contribution in [3.8, 4) is 11.5 Å². The van der Waals surface area contributed by atoms with Gasteiger partial charge in [0.05, 0.1) is 23.5 Å². The fraction of sp³-hybridized carbons (Fsp3) is 0.346. The van der Waals surface area contributed by atoms with Gasteiger partial charge in [-0.25, -0.2) is 4.99 Å². The first-order valence-electron chi connectivity index (χ1n) is 11.3. The number of nitrogens with zero attached hydrogens (tertiary/aromatic N) is 2. The summed E-state index contributed by atoms with van der Waals surface area (Å²) in [6.45, 7) is 13.1. The van der Waals surface area contributed by atoms with Gasteiger partial charge < -0.3 is 24.7 Å². The number of amidine groups is 1. The average molecular weight is 517 g/mol. The number of benzene rings is 2. The van der Waals surface area contributed by atoms with E-state index in [4.69, 9.17) is 21.1 Å². The average Bonchev–Trinajstić information content (AvgIpc) is 2.77. The largest absolute Gasteiger partial charge is 0.494 e. The second-order valence-electron chi connectivity index (χ2n) is 9.07. The van der Waals surface area contributed by atoms with Crippen LogP contribution in [0.1, 0.15) is 12.5 Å². The number of methoxy groups -OCH3 is 1. The maximum absolute atomic E-state index is 12.6. The Morgan fingerprint density at radius 2 is 1.89 bits per heavy atom. The van der Waals surface area contributed by atoms with Gasteiger partial charge in [0.15, 0.2) is 0 Å². The summed E-state index contributed by atoms with van der Waals surface area (Å²) >= 11 is 6.43. The van der Waals surface area contributed by atoms with E-state index < -0.39 is 7.14 Å². The fourth-order valence-corrected chi connectivity index (χ4v) is 4.94. The molecule has 2 N–H and O–H groups in total. The number of aryl methyl sites for hydroxylation is 1. The van der Waals surface area contributed by atoms with E-state index in [9.17, 15) is 4.57 Å². The van der Waals surface area contributed by atoms with Crippen LogP contribution in [0.3, 0.4) is 0 Å². The molecule has 7 nitrogen and oxygen atoms in total. The molecule has 0 bridgehead atoms. The van der Waals surface area contributed by atoms with Gasteiger partial charge >= 0.3 is 0 Å². The lowest BCUT2D eigenvalue weighted by Crippen LogP contribution is -2.51. The van der Waals surface area contributed by atoms with Crippen LogP contribution in [-0.2, 0) is 4.57 Å². The molecule has 9 heteroatoms. The number of para-hydroxylation sites is 1. The molecule has 1 aliphatic heterocycles. The Balaban J connectivity index is 1.69. The number of halogens is 1. The molecule has 2 aromatic carbocycles. The van der Waals surface area contributed by atoms with E-state index in [1.54, 1.807) is 20.4 Å². The summed E-state index contributed by atoms with van der Waals surface area (Å²) in [6.07, 6.45) is 1.72. The Bertz CT molecular complexity index is 1200. The van der Waals surface area contributed by atoms with Crippen LogP contribution in [0.15, 0.2) is 64.9 Å². The Kier molecular flexibility index (Phi) is 8.70. The first kappa shape index (κ1) is 26.9. The number of nitrogens with one attached hydrogen (secondary N) is 2. The van der Waals surface area contributed by atoms with Gasteiger partial charge in [-0.3, -0.25) is 4.90 Å². The predicted octanol–water partition coefficient (Wildman–Crippen LogP) is 5.48. The molecule has 2 aromatic rings. The highest BCUT2D eigenvalue weighted by atomic mass is 35.5. The van der Waals surface area contributed by atoms with Crippen molar-refractivity contribution < 1.29 is 14.0 Å². The van der Waals surface area contributed by atoms with E-state index in [1.165, 1.54) is 6.20 Å². The van der Waals surface area contributed by atoms with Gasteiger partial charge in [-0.2, -0.15) is 0 Å². The topological polar surface area (TPSA) is 75.2 Å². The molecule has 0 unspecified atom stereocenters. The standard InChI is InChI=1S/C26H34ClN4O3P/c1-17-12-23(25(33-5)13-24(17)34-20-15-31(4)16-20)30-19(3)28-14-21(27)18(2)29-22-10-8-9-11-26(22)35(6,7)32/h8-14,20,29H,2,15-16H2,1,3-7H3,(H,28,30)/b21-14+. The summed E-state index contributed by atoms with van der Waals surface area (Å²) in [6, 6.07) is 11.3. The molecule has 1 fully saturated rings. The van der Waals surface area contributed by atoms with Crippen LogP contribution in [-0.4, -0.2) is 57.4 Å². The summed E-state index contributed by atoms with van der Waals surface area (Å²) in [7, 11) is 1.23. The Morgan fingerprint density at radius 3 is 2.51 bits per heavy atom. The number of rotatable bonds is 9. The molecular weight excluding hydrogens is 483 g/mol. The molecule has 1 heterocycles. The highest BCUT2D eigenvalue weighted by Crippen LogP contribution is 2.38. The summed E-state index contributed by atoms with van der Waals surface area (Å²) in [5.41, 5.74) is 2.96. The summed E-state index contributed by atoms with van der Waals surface area (Å²) < 4.78 is 24.3. The van der Waals surface area contributed by atoms with Crippen LogP contribution in [0.4, 0.5) is 11.4 Å². The molecule has 3 rings (SSSR count). The molecular formula is C26H34ClN4O3P. The van der Waals surface area contributed by atoms with Gasteiger partial charge in [-0.15, -0.1) is 0 Å². The zero-order chi connectivity index (χ0) is 25.8. The lowest BCUT2D eigenvalue weighted by molar-refractivity contribution is 0.0382. The smallest absolute Gasteiger partial charge is 0.146 e. The van der Waals surface area contributed by atoms with Gasteiger partial charge in [0.2, 0.25) is 0 Å². The second kappa shape index (κ2) is 11.3. The van der Waals surface area contributed by atoms with E-state index in [0.717, 1.165) is 35.4 Å². The number of allylic oxidation sites excluding steroid dienone is 1. The van der Waals surface area contributed by atoms with Crippen molar-refractivity contribution in [3.63, 3.8) is 0 Å². The highest BCUT2D eigenvalue weighted by Gasteiger charge is 2.26. The van der Waals surface area contributed by atoms with Gasteiger partial charge in [0.1, 0.15) is 30.6 Å². The third-order valence-electron chi connectivity index (χ3n) is 5.57. The zero-order valence-corrected chi connectivity index (χ0v) is 22.8. The molecule has 0 saturated carbocycles. The molecule has 1 saturated heterocycles. The van der Waals surface area contributed by atoms with Crippen molar-refractivity contribution in [2.45, 2.75) is 20.0 Å². The Morgan fingerprint density at radius 1 is 1.20 bits per heavy atom. The van der Waals surface area contributed by atoms with E-state index in [1.807, 2.05) is 50.2 Å². The van der Waals surface area contributed by atoms with Crippen LogP contribution in [0.2, 0.25) is 0 Å². The first-order valence-corrected chi connectivity index (χ1v) is 14.3. The minimum Gasteiger partial charge on any atom is -0.494 e. The maximum Gasteiger partial charge on any atom is 0.146 e. The van der Waals surface area contributed by atoms with Gasteiger partial charge in [0.25, 0.3) is 0 Å². The molecule has 35 heavy (non-hydrogen) atoms. The van der Waals surface area contributed by atoms with Crippen LogP contribution < -0.4 is 25.4 Å². The van der Waals surface area contributed by atoms with Crippen molar-refractivity contribution in [1.82, 2.24) is 4.90 Å². The van der Waals surface area contributed by atoms with Gasteiger partial charge in [0, 0.05) is 36.3 Å². The molecule has 188 valence electrons. The van der Waals surface area contributed by atoms with Crippen molar-refractivity contribution in [1.29, 1.82) is 0 Å². The molecule has 0 atom stereocenters. The van der Waals surface area contributed by atoms with Crippen LogP contribution in [0.5, 0.6) is 11.5 Å². The van der Waals surface area contributed by atoms with E-state index in [-0.39, 0.29) is 6.10 Å². The summed E-state index contributed by atoms with van der Waals surface area (Å²) in [5.74, 6) is 2.10. The minimum atomic E-state index is -2.46. The van der Waals surface area contributed by atoms with Crippen LogP contribution in [0, 0.1) is 6.92 Å². The van der Waals surface area contributed by atoms with Crippen molar-refractivity contribution >= 4 is 41.3 Å². The lowest BCUT2D eigenvalue weighted by Gasteiger charge is -2.36. The van der Waals surface area contributed by atoms with Crippen molar-refractivity contribution in [2.24, 2.45) is 4.99 Å². The van der Waals surface area contributed by atoms with Crippen LogP contribution >= 0.6 is 18.7 Å². The van der Waals surface area contributed by atoms with E-state index in [2.05, 4.69) is 34.2 Å². The fourth-order valence-electron chi connectivity index (χ4n) is 3.69. The number of aliphatic imine (C=N–C) groups is 1. The lowest BCUT2D eigenvalue weighted by atomic mass is 10.1. The number of likely N-dealkylation sites (N-methyl/N-ethyl adjacent to an activating group) is 1. The first-order chi connectivity index (χ1) is 16.5. The predicted molar refractivity (Wildman–Crippen MR) is 149 cm³/mol. The number of likely N-dealkylation sites (tertiary alicyclic amines) is 1. The van der Waals surface area contributed by atoms with Crippen molar-refractivity contribution in [2.75, 3.05) is 51.2 Å². The van der Waals surface area contributed by atoms with Crippen LogP contribution in [0.25, 0.3) is 0 Å². The van der Waals surface area contributed by atoms with Crippen molar-refractivity contribution in [3.05, 3.63) is 65.5 Å². The quantitative estimate of drug-likeness (QED) is 0.199. The molecule has 0 amide bonds. The third-order valence-corrected chi connectivity index (χ3v) is 7.44. The molecule has 0 spiro atoms. The SMILES string of the molecule is C=C(Nc1ccccc1P(C)(C)=O)/C(Cl)=C\N=C(C)Nc1cc(C)c(OC2CN(C)C2)cc1OC. The monoisotopic (exact) mass is 516 g/mol. The van der Waals surface area contributed by atoms with E-state index >= 15 is 0 Å². The summed E-state index contributed by atoms with van der Waals surface area (Å²) in [5, 5.41) is 7.49. The second-order valence-corrected chi connectivity index (χ2v) is 12.7. The number of hydrogen-bond acceptors (Lipinski definition) is 6. The summed E-state index contributed by atoms with van der Waals surface area (Å²) in [4.78, 5) is 6.63.